The molecule has 0 aliphatic carbocycles. The maximum atomic E-state index is 5.41. The van der Waals surface area contributed by atoms with E-state index in [9.17, 15) is 0 Å². The zero-order valence-electron chi connectivity index (χ0n) is 7.62. The minimum absolute atomic E-state index is 0.276. The van der Waals surface area contributed by atoms with E-state index in [-0.39, 0.29) is 6.17 Å². The first-order chi connectivity index (χ1) is 6.92. The van der Waals surface area contributed by atoms with Crippen molar-refractivity contribution in [3.8, 4) is 0 Å². The lowest BCUT2D eigenvalue weighted by Crippen LogP contribution is -2.29. The molecule has 2 aromatic rings. The summed E-state index contributed by atoms with van der Waals surface area (Å²) in [7, 11) is 0. The summed E-state index contributed by atoms with van der Waals surface area (Å²) in [6.45, 7) is 1.05. The number of rotatable bonds is 2. The molecule has 3 heterocycles. The van der Waals surface area contributed by atoms with E-state index in [1.165, 1.54) is 6.42 Å². The van der Waals surface area contributed by atoms with Crippen molar-refractivity contribution in [1.29, 1.82) is 0 Å². The van der Waals surface area contributed by atoms with Gasteiger partial charge in [-0.3, -0.25) is 5.32 Å². The topological polar surface area (TPSA) is 63.2 Å². The van der Waals surface area contributed by atoms with Gasteiger partial charge in [0.25, 0.3) is 11.7 Å². The molecule has 5 heteroatoms. The highest BCUT2D eigenvalue weighted by Crippen LogP contribution is 2.20. The van der Waals surface area contributed by atoms with Gasteiger partial charge in [-0.1, -0.05) is 0 Å². The highest BCUT2D eigenvalue weighted by atomic mass is 16.4. The van der Waals surface area contributed by atoms with E-state index in [4.69, 9.17) is 8.83 Å². The number of anilines is 1. The van der Waals surface area contributed by atoms with Gasteiger partial charge in [-0.15, -0.1) is 0 Å². The predicted molar refractivity (Wildman–Crippen MR) is 50.9 cm³/mol. The molecule has 14 heavy (non-hydrogen) atoms. The van der Waals surface area contributed by atoms with Crippen LogP contribution in [-0.2, 0) is 0 Å². The fourth-order valence-corrected chi connectivity index (χ4v) is 1.69. The number of fused-ring (bicyclic) bond motifs is 1. The van der Waals surface area contributed by atoms with Crippen LogP contribution >= 0.6 is 0 Å². The zero-order valence-corrected chi connectivity index (χ0v) is 7.62. The number of hydrogen-bond donors (Lipinski definition) is 2. The standard InChI is InChI=1S/C9H11N3O2/c1-2-7(10-4-1)11-9-12-8-6(14-9)3-5-13-8/h3,5,7,10H,1-2,4H2,(H,11,12). The molecule has 0 bridgehead atoms. The second kappa shape index (κ2) is 3.02. The molecule has 2 N–H and O–H groups in total. The molecule has 1 unspecified atom stereocenters. The third kappa shape index (κ3) is 1.26. The van der Waals surface area contributed by atoms with Crippen LogP contribution in [0.3, 0.4) is 0 Å². The third-order valence-electron chi connectivity index (χ3n) is 2.38. The molecule has 1 fully saturated rings. The first kappa shape index (κ1) is 7.87. The fourth-order valence-electron chi connectivity index (χ4n) is 1.69. The van der Waals surface area contributed by atoms with Gasteiger partial charge in [0.1, 0.15) is 0 Å². The van der Waals surface area contributed by atoms with Gasteiger partial charge >= 0.3 is 0 Å². The lowest BCUT2D eigenvalue weighted by Gasteiger charge is -2.09. The van der Waals surface area contributed by atoms with Gasteiger partial charge < -0.3 is 14.2 Å². The number of oxazole rings is 1. The van der Waals surface area contributed by atoms with E-state index in [1.807, 2.05) is 0 Å². The Bertz CT molecular complexity index is 399. The first-order valence-corrected chi connectivity index (χ1v) is 4.76. The maximum absolute atomic E-state index is 5.41. The summed E-state index contributed by atoms with van der Waals surface area (Å²) in [6, 6.07) is 2.29. The summed E-state index contributed by atoms with van der Waals surface area (Å²) in [5.74, 6) is 0. The quantitative estimate of drug-likeness (QED) is 0.757. The number of furan rings is 1. The lowest BCUT2D eigenvalue weighted by atomic mass is 10.3. The average Bonchev–Trinajstić information content (AvgIpc) is 2.78. The molecule has 0 aromatic carbocycles. The van der Waals surface area contributed by atoms with Crippen molar-refractivity contribution in [3.63, 3.8) is 0 Å². The highest BCUT2D eigenvalue weighted by Gasteiger charge is 2.16. The van der Waals surface area contributed by atoms with Crippen LogP contribution in [0.4, 0.5) is 6.01 Å². The van der Waals surface area contributed by atoms with E-state index in [0.717, 1.165) is 13.0 Å². The Kier molecular flexibility index (Phi) is 1.70. The Hall–Kier alpha value is -1.49. The molecule has 0 saturated carbocycles. The fraction of sp³-hybridized carbons (Fsp3) is 0.444. The Labute approximate surface area is 80.5 Å². The van der Waals surface area contributed by atoms with Crippen molar-refractivity contribution in [2.75, 3.05) is 11.9 Å². The van der Waals surface area contributed by atoms with Crippen LogP contribution in [0.25, 0.3) is 11.3 Å². The van der Waals surface area contributed by atoms with E-state index in [1.54, 1.807) is 12.3 Å². The molecule has 5 nitrogen and oxygen atoms in total. The number of aromatic nitrogens is 1. The molecular formula is C9H11N3O2. The minimum Gasteiger partial charge on any atom is -0.444 e. The summed E-state index contributed by atoms with van der Waals surface area (Å²) in [4.78, 5) is 4.15. The van der Waals surface area contributed by atoms with Crippen molar-refractivity contribution in [2.24, 2.45) is 0 Å². The van der Waals surface area contributed by atoms with Crippen molar-refractivity contribution in [3.05, 3.63) is 12.3 Å². The van der Waals surface area contributed by atoms with Gasteiger partial charge in [-0.25, -0.2) is 0 Å². The summed E-state index contributed by atoms with van der Waals surface area (Å²) < 4.78 is 10.5. The third-order valence-corrected chi connectivity index (χ3v) is 2.38. The van der Waals surface area contributed by atoms with Gasteiger partial charge in [0, 0.05) is 6.07 Å². The van der Waals surface area contributed by atoms with Crippen LogP contribution in [0.5, 0.6) is 0 Å². The zero-order chi connectivity index (χ0) is 9.38. The monoisotopic (exact) mass is 193 g/mol. The van der Waals surface area contributed by atoms with Crippen LogP contribution in [0.15, 0.2) is 21.2 Å². The van der Waals surface area contributed by atoms with E-state index in [0.29, 0.717) is 17.3 Å². The predicted octanol–water partition coefficient (Wildman–Crippen LogP) is 1.54. The van der Waals surface area contributed by atoms with Gasteiger partial charge in [-0.05, 0) is 19.4 Å². The van der Waals surface area contributed by atoms with Gasteiger partial charge in [-0.2, -0.15) is 4.98 Å². The second-order valence-electron chi connectivity index (χ2n) is 3.40. The Balaban J connectivity index is 1.80. The SMILES string of the molecule is c1cc2oc(NC3CCCN3)nc2o1. The van der Waals surface area contributed by atoms with Gasteiger partial charge in [0.15, 0.2) is 5.58 Å². The lowest BCUT2D eigenvalue weighted by molar-refractivity contribution is 0.577. The molecule has 0 amide bonds. The summed E-state index contributed by atoms with van der Waals surface area (Å²) in [6.07, 6.45) is 4.13. The van der Waals surface area contributed by atoms with Crippen molar-refractivity contribution < 1.29 is 8.83 Å². The molecule has 74 valence electrons. The summed E-state index contributed by atoms with van der Waals surface area (Å²) >= 11 is 0. The van der Waals surface area contributed by atoms with Crippen LogP contribution in [0.2, 0.25) is 0 Å². The molecule has 1 aliphatic rings. The van der Waals surface area contributed by atoms with Crippen LogP contribution < -0.4 is 10.6 Å². The Morgan fingerprint density at radius 1 is 1.57 bits per heavy atom. The van der Waals surface area contributed by atoms with Crippen molar-refractivity contribution in [1.82, 2.24) is 10.3 Å². The molecular weight excluding hydrogens is 182 g/mol. The average molecular weight is 193 g/mol. The van der Waals surface area contributed by atoms with Crippen molar-refractivity contribution >= 4 is 17.3 Å². The number of nitrogens with zero attached hydrogens (tertiary/aromatic N) is 1. The normalized spacial score (nSPS) is 21.9. The largest absolute Gasteiger partial charge is 0.444 e. The number of hydrogen-bond acceptors (Lipinski definition) is 5. The smallest absolute Gasteiger partial charge is 0.299 e. The number of nitrogens with one attached hydrogen (secondary N) is 2. The summed E-state index contributed by atoms with van der Waals surface area (Å²) in [5.41, 5.74) is 1.23. The molecule has 0 spiro atoms. The minimum atomic E-state index is 0.276. The molecule has 1 saturated heterocycles. The molecule has 2 aromatic heterocycles. The van der Waals surface area contributed by atoms with Gasteiger partial charge in [0.05, 0.1) is 12.4 Å². The Morgan fingerprint density at radius 2 is 2.57 bits per heavy atom. The van der Waals surface area contributed by atoms with E-state index < -0.39 is 0 Å². The molecule has 1 atom stereocenters. The van der Waals surface area contributed by atoms with E-state index >= 15 is 0 Å². The highest BCUT2D eigenvalue weighted by molar-refractivity contribution is 5.67. The second-order valence-corrected chi connectivity index (χ2v) is 3.40. The molecule has 0 radical (unpaired) electrons. The van der Waals surface area contributed by atoms with Gasteiger partial charge in [0.2, 0.25) is 0 Å². The van der Waals surface area contributed by atoms with Crippen molar-refractivity contribution in [2.45, 2.75) is 19.0 Å². The first-order valence-electron chi connectivity index (χ1n) is 4.76. The van der Waals surface area contributed by atoms with Crippen LogP contribution in [-0.4, -0.2) is 17.7 Å². The summed E-state index contributed by atoms with van der Waals surface area (Å²) in [5, 5.41) is 6.47. The van der Waals surface area contributed by atoms with E-state index in [2.05, 4.69) is 15.6 Å². The molecule has 1 aliphatic heterocycles. The maximum Gasteiger partial charge on any atom is 0.299 e. The Morgan fingerprint density at radius 3 is 3.36 bits per heavy atom. The van der Waals surface area contributed by atoms with Crippen LogP contribution in [0, 0.1) is 0 Å². The molecule has 3 rings (SSSR count). The van der Waals surface area contributed by atoms with Crippen LogP contribution in [0.1, 0.15) is 12.8 Å².